The van der Waals surface area contributed by atoms with Crippen molar-refractivity contribution in [3.63, 3.8) is 0 Å². The van der Waals surface area contributed by atoms with E-state index in [0.717, 1.165) is 10.1 Å². The van der Waals surface area contributed by atoms with Crippen LogP contribution in [0.15, 0.2) is 18.2 Å². The van der Waals surface area contributed by atoms with E-state index in [1.54, 1.807) is 20.0 Å². The lowest BCUT2D eigenvalue weighted by Crippen LogP contribution is -2.30. The molecule has 20 heavy (non-hydrogen) atoms. The zero-order valence-electron chi connectivity index (χ0n) is 11.2. The highest BCUT2D eigenvalue weighted by Gasteiger charge is 2.21. The molecule has 2 rings (SSSR count). The Morgan fingerprint density at radius 2 is 2.30 bits per heavy atom. The van der Waals surface area contributed by atoms with E-state index in [2.05, 4.69) is 6.07 Å². The minimum Gasteiger partial charge on any atom is -0.397 e. The number of nitrogen functional groups attached to an aromatic ring is 1. The number of hydrogen-bond donors (Lipinski definition) is 1. The van der Waals surface area contributed by atoms with Gasteiger partial charge in [-0.05, 0) is 19.1 Å². The van der Waals surface area contributed by atoms with E-state index in [0.29, 0.717) is 22.1 Å². The third-order valence-corrected chi connectivity index (χ3v) is 4.48. The zero-order chi connectivity index (χ0) is 14.9. The molecule has 104 valence electrons. The second kappa shape index (κ2) is 5.70. The molecular formula is C14H14ClN3OS. The summed E-state index contributed by atoms with van der Waals surface area (Å²) in [4.78, 5) is 14.4. The monoisotopic (exact) mass is 307 g/mol. The average molecular weight is 308 g/mol. The third-order valence-electron chi connectivity index (χ3n) is 3.01. The molecule has 6 heteroatoms. The van der Waals surface area contributed by atoms with Crippen LogP contribution in [0.25, 0.3) is 10.1 Å². The van der Waals surface area contributed by atoms with Crippen molar-refractivity contribution in [2.75, 3.05) is 19.3 Å². The number of thiophene rings is 1. The van der Waals surface area contributed by atoms with E-state index in [4.69, 9.17) is 22.6 Å². The van der Waals surface area contributed by atoms with Gasteiger partial charge in [0.15, 0.2) is 0 Å². The third kappa shape index (κ3) is 2.58. The summed E-state index contributed by atoms with van der Waals surface area (Å²) in [6.45, 7) is 2.14. The molecule has 2 N–H and O–H groups in total. The number of benzene rings is 1. The second-order valence-corrected chi connectivity index (χ2v) is 6.13. The van der Waals surface area contributed by atoms with Gasteiger partial charge in [-0.3, -0.25) is 4.79 Å². The van der Waals surface area contributed by atoms with Crippen LogP contribution in [0.2, 0.25) is 5.02 Å². The fourth-order valence-electron chi connectivity index (χ4n) is 2.00. The quantitative estimate of drug-likeness (QED) is 0.945. The first kappa shape index (κ1) is 14.6. The molecule has 0 aliphatic carbocycles. The Kier molecular flexibility index (Phi) is 4.17. The molecule has 0 fully saturated rings. The molecule has 0 saturated carbocycles. The number of halogens is 1. The molecule has 0 aliphatic heterocycles. The number of rotatable bonds is 3. The van der Waals surface area contributed by atoms with Crippen LogP contribution in [0.3, 0.4) is 0 Å². The number of hydrogen-bond acceptors (Lipinski definition) is 4. The van der Waals surface area contributed by atoms with Crippen molar-refractivity contribution in [1.82, 2.24) is 4.90 Å². The molecule has 2 aromatic rings. The Morgan fingerprint density at radius 1 is 1.60 bits per heavy atom. The van der Waals surface area contributed by atoms with Crippen molar-refractivity contribution in [1.29, 1.82) is 5.26 Å². The summed E-state index contributed by atoms with van der Waals surface area (Å²) in [7, 11) is 1.67. The van der Waals surface area contributed by atoms with E-state index >= 15 is 0 Å². The minimum atomic E-state index is -0.219. The van der Waals surface area contributed by atoms with Crippen LogP contribution in [0.1, 0.15) is 16.6 Å². The number of nitrogens with zero attached hydrogens (tertiary/aromatic N) is 2. The zero-order valence-corrected chi connectivity index (χ0v) is 12.8. The number of nitriles is 1. The van der Waals surface area contributed by atoms with Gasteiger partial charge in [0.25, 0.3) is 5.91 Å². The first-order valence-corrected chi connectivity index (χ1v) is 7.26. The molecule has 1 heterocycles. The Hall–Kier alpha value is -1.77. The predicted octanol–water partition coefficient (Wildman–Crippen LogP) is 3.37. The summed E-state index contributed by atoms with van der Waals surface area (Å²) >= 11 is 7.45. The molecule has 4 nitrogen and oxygen atoms in total. The number of fused-ring (bicyclic) bond motifs is 1. The van der Waals surface area contributed by atoms with Crippen LogP contribution >= 0.6 is 22.9 Å². The van der Waals surface area contributed by atoms with E-state index in [1.807, 2.05) is 12.1 Å². The second-order valence-electron chi connectivity index (χ2n) is 4.67. The molecule has 1 amide bonds. The fraction of sp³-hybridized carbons (Fsp3) is 0.286. The summed E-state index contributed by atoms with van der Waals surface area (Å²) in [5.74, 6) is -0.398. The van der Waals surface area contributed by atoms with Crippen LogP contribution in [0, 0.1) is 17.2 Å². The lowest BCUT2D eigenvalue weighted by atomic mass is 10.2. The number of amides is 1. The fourth-order valence-corrected chi connectivity index (χ4v) is 3.47. The van der Waals surface area contributed by atoms with Crippen LogP contribution in [0.5, 0.6) is 0 Å². The van der Waals surface area contributed by atoms with Crippen molar-refractivity contribution in [2.24, 2.45) is 5.92 Å². The molecular weight excluding hydrogens is 294 g/mol. The van der Waals surface area contributed by atoms with Gasteiger partial charge in [-0.2, -0.15) is 5.26 Å². The van der Waals surface area contributed by atoms with E-state index in [1.165, 1.54) is 16.2 Å². The van der Waals surface area contributed by atoms with Crippen LogP contribution < -0.4 is 5.73 Å². The predicted molar refractivity (Wildman–Crippen MR) is 83.0 cm³/mol. The van der Waals surface area contributed by atoms with Gasteiger partial charge in [0, 0.05) is 23.7 Å². The van der Waals surface area contributed by atoms with Crippen molar-refractivity contribution in [3.05, 3.63) is 28.1 Å². The van der Waals surface area contributed by atoms with Crippen molar-refractivity contribution < 1.29 is 4.79 Å². The van der Waals surface area contributed by atoms with Crippen molar-refractivity contribution in [3.8, 4) is 6.07 Å². The smallest absolute Gasteiger partial charge is 0.265 e. The van der Waals surface area contributed by atoms with Gasteiger partial charge >= 0.3 is 0 Å². The SMILES string of the molecule is CC(C#N)CN(C)C(=O)c1sc2cccc(Cl)c2c1N. The maximum Gasteiger partial charge on any atom is 0.265 e. The van der Waals surface area contributed by atoms with Crippen molar-refractivity contribution >= 4 is 44.6 Å². The normalized spacial score (nSPS) is 12.1. The van der Waals surface area contributed by atoms with Crippen LogP contribution in [-0.2, 0) is 0 Å². The molecule has 0 saturated heterocycles. The number of nitrogens with two attached hydrogens (primary N) is 1. The first-order chi connectivity index (χ1) is 9.45. The standard InChI is InChI=1S/C14H14ClN3OS/c1-8(6-16)7-18(2)14(19)13-12(17)11-9(15)4-3-5-10(11)20-13/h3-5,8H,7,17H2,1-2H3. The summed E-state index contributed by atoms with van der Waals surface area (Å²) in [5.41, 5.74) is 6.47. The molecule has 0 spiro atoms. The Balaban J connectivity index is 2.39. The minimum absolute atomic E-state index is 0.179. The van der Waals surface area contributed by atoms with E-state index in [9.17, 15) is 4.79 Å². The molecule has 0 radical (unpaired) electrons. The van der Waals surface area contributed by atoms with E-state index in [-0.39, 0.29) is 11.8 Å². The van der Waals surface area contributed by atoms with Crippen LogP contribution in [0.4, 0.5) is 5.69 Å². The lowest BCUT2D eigenvalue weighted by molar-refractivity contribution is 0.0791. The lowest BCUT2D eigenvalue weighted by Gasteiger charge is -2.17. The topological polar surface area (TPSA) is 70.1 Å². The molecule has 0 bridgehead atoms. The maximum atomic E-state index is 12.4. The Labute approximate surface area is 126 Å². The van der Waals surface area contributed by atoms with Gasteiger partial charge in [-0.15, -0.1) is 11.3 Å². The van der Waals surface area contributed by atoms with Gasteiger partial charge < -0.3 is 10.6 Å². The molecule has 1 aromatic heterocycles. The maximum absolute atomic E-state index is 12.4. The highest BCUT2D eigenvalue weighted by atomic mass is 35.5. The van der Waals surface area contributed by atoms with Crippen molar-refractivity contribution in [2.45, 2.75) is 6.92 Å². The average Bonchev–Trinajstić information content (AvgIpc) is 2.76. The highest BCUT2D eigenvalue weighted by Crippen LogP contribution is 2.38. The number of carbonyl (C=O) groups is 1. The first-order valence-electron chi connectivity index (χ1n) is 6.07. The largest absolute Gasteiger partial charge is 0.397 e. The molecule has 1 atom stereocenters. The number of carbonyl (C=O) groups excluding carboxylic acids is 1. The Morgan fingerprint density at radius 3 is 2.90 bits per heavy atom. The summed E-state index contributed by atoms with van der Waals surface area (Å²) in [6, 6.07) is 7.58. The molecule has 1 unspecified atom stereocenters. The highest BCUT2D eigenvalue weighted by molar-refractivity contribution is 7.21. The van der Waals surface area contributed by atoms with Gasteiger partial charge in [-0.25, -0.2) is 0 Å². The van der Waals surface area contributed by atoms with E-state index < -0.39 is 0 Å². The molecule has 0 aliphatic rings. The summed E-state index contributed by atoms with van der Waals surface area (Å²) < 4.78 is 0.889. The summed E-state index contributed by atoms with van der Waals surface area (Å²) in [5, 5.41) is 10.1. The molecule has 1 aromatic carbocycles. The summed E-state index contributed by atoms with van der Waals surface area (Å²) in [6.07, 6.45) is 0. The number of anilines is 1. The van der Waals surface area contributed by atoms with Gasteiger partial charge in [0.05, 0.1) is 22.7 Å². The van der Waals surface area contributed by atoms with Gasteiger partial charge in [0.2, 0.25) is 0 Å². The van der Waals surface area contributed by atoms with Gasteiger partial charge in [0.1, 0.15) is 4.88 Å². The van der Waals surface area contributed by atoms with Gasteiger partial charge in [-0.1, -0.05) is 17.7 Å². The Bertz CT molecular complexity index is 704. The van der Waals surface area contributed by atoms with Crippen LogP contribution in [-0.4, -0.2) is 24.4 Å².